The predicted octanol–water partition coefficient (Wildman–Crippen LogP) is 3.64. The molecule has 1 aliphatic rings. The van der Waals surface area contributed by atoms with Gasteiger partial charge in [-0.05, 0) is 54.4 Å². The van der Waals surface area contributed by atoms with Crippen LogP contribution in [0.25, 0.3) is 0 Å². The summed E-state index contributed by atoms with van der Waals surface area (Å²) in [7, 11) is 1.41. The Balaban J connectivity index is 3.28. The Morgan fingerprint density at radius 1 is 0.871 bits per heavy atom. The predicted molar refractivity (Wildman–Crippen MR) is 114 cm³/mol. The highest BCUT2D eigenvalue weighted by Crippen LogP contribution is 2.32. The number of hydrogen-bond donors (Lipinski definition) is 0. The van der Waals surface area contributed by atoms with Crippen molar-refractivity contribution in [1.82, 2.24) is 0 Å². The standard InChI is InChI=1S/C23H40O8/c1-11-13(2)12-15(24)29-16-14(3)28-19(27-10)18(31-21(26)23(7,8)9)17(16)30-20(25)22(4,5)6/h13-14,16-19H,11-12H2,1-10H3/t13-,14-,16-,17+,18-,19+/m1/s1. The van der Waals surface area contributed by atoms with Crippen LogP contribution in [0.4, 0.5) is 0 Å². The Morgan fingerprint density at radius 2 is 1.35 bits per heavy atom. The highest BCUT2D eigenvalue weighted by molar-refractivity contribution is 5.77. The van der Waals surface area contributed by atoms with E-state index in [0.717, 1.165) is 6.42 Å². The summed E-state index contributed by atoms with van der Waals surface area (Å²) < 4.78 is 28.4. The second-order valence-electron chi connectivity index (χ2n) is 10.4. The number of esters is 3. The van der Waals surface area contributed by atoms with Crippen LogP contribution < -0.4 is 0 Å². The first kappa shape index (κ1) is 27.4. The van der Waals surface area contributed by atoms with E-state index in [4.69, 9.17) is 23.7 Å². The van der Waals surface area contributed by atoms with Crippen molar-refractivity contribution in [2.45, 2.75) is 106 Å². The van der Waals surface area contributed by atoms with Crippen LogP contribution in [0, 0.1) is 16.7 Å². The van der Waals surface area contributed by atoms with Gasteiger partial charge < -0.3 is 23.7 Å². The molecule has 0 unspecified atom stereocenters. The van der Waals surface area contributed by atoms with Crippen LogP contribution in [-0.4, -0.2) is 55.7 Å². The van der Waals surface area contributed by atoms with Crippen molar-refractivity contribution in [2.24, 2.45) is 16.7 Å². The van der Waals surface area contributed by atoms with Crippen molar-refractivity contribution in [1.29, 1.82) is 0 Å². The van der Waals surface area contributed by atoms with E-state index in [9.17, 15) is 14.4 Å². The van der Waals surface area contributed by atoms with Gasteiger partial charge >= 0.3 is 17.9 Å². The minimum atomic E-state index is -1.10. The lowest BCUT2D eigenvalue weighted by Crippen LogP contribution is -2.62. The molecule has 8 heteroatoms. The van der Waals surface area contributed by atoms with Crippen LogP contribution in [0.5, 0.6) is 0 Å². The minimum Gasteiger partial charge on any atom is -0.455 e. The molecule has 1 heterocycles. The molecule has 1 aliphatic heterocycles. The van der Waals surface area contributed by atoms with Gasteiger partial charge in [0.15, 0.2) is 24.6 Å². The third-order valence-electron chi connectivity index (χ3n) is 5.15. The highest BCUT2D eigenvalue weighted by Gasteiger charge is 2.52. The monoisotopic (exact) mass is 444 g/mol. The molecule has 0 bridgehead atoms. The Kier molecular flexibility index (Phi) is 9.50. The molecule has 31 heavy (non-hydrogen) atoms. The zero-order chi connectivity index (χ0) is 24.1. The third-order valence-corrected chi connectivity index (χ3v) is 5.15. The number of ether oxygens (including phenoxy) is 5. The molecule has 1 rings (SSSR count). The fourth-order valence-corrected chi connectivity index (χ4v) is 2.81. The van der Waals surface area contributed by atoms with Crippen molar-refractivity contribution in [3.05, 3.63) is 0 Å². The van der Waals surface area contributed by atoms with Gasteiger partial charge in [-0.3, -0.25) is 14.4 Å². The summed E-state index contributed by atoms with van der Waals surface area (Å²) in [6, 6.07) is 0. The van der Waals surface area contributed by atoms with Gasteiger partial charge in [0.2, 0.25) is 0 Å². The average molecular weight is 445 g/mol. The molecule has 8 nitrogen and oxygen atoms in total. The van der Waals surface area contributed by atoms with Crippen molar-refractivity contribution in [3.63, 3.8) is 0 Å². The number of hydrogen-bond acceptors (Lipinski definition) is 8. The van der Waals surface area contributed by atoms with E-state index in [1.54, 1.807) is 48.5 Å². The zero-order valence-corrected chi connectivity index (χ0v) is 20.6. The van der Waals surface area contributed by atoms with Crippen LogP contribution >= 0.6 is 0 Å². The van der Waals surface area contributed by atoms with E-state index in [2.05, 4.69) is 0 Å². The molecular weight excluding hydrogens is 404 g/mol. The summed E-state index contributed by atoms with van der Waals surface area (Å²) >= 11 is 0. The van der Waals surface area contributed by atoms with Gasteiger partial charge in [0.05, 0.1) is 16.9 Å². The second kappa shape index (κ2) is 10.8. The molecule has 0 spiro atoms. The zero-order valence-electron chi connectivity index (χ0n) is 20.6. The molecule has 0 aliphatic carbocycles. The second-order valence-corrected chi connectivity index (χ2v) is 10.4. The van der Waals surface area contributed by atoms with Gasteiger partial charge in [0, 0.05) is 13.5 Å². The van der Waals surface area contributed by atoms with E-state index in [1.165, 1.54) is 7.11 Å². The lowest BCUT2D eigenvalue weighted by Gasteiger charge is -2.44. The SMILES string of the molecule is CC[C@@H](C)CC(=O)O[C@H]1[C@H](OC(=O)C(C)(C)C)[C@@H](OC(=O)C(C)(C)C)[C@@H](OC)O[C@@H]1C. The first-order valence-corrected chi connectivity index (χ1v) is 10.9. The Morgan fingerprint density at radius 3 is 1.77 bits per heavy atom. The first-order chi connectivity index (χ1) is 14.1. The molecule has 0 aromatic carbocycles. The summed E-state index contributed by atoms with van der Waals surface area (Å²) in [4.78, 5) is 37.9. The van der Waals surface area contributed by atoms with Crippen LogP contribution in [0.2, 0.25) is 0 Å². The quantitative estimate of drug-likeness (QED) is 0.434. The summed E-state index contributed by atoms with van der Waals surface area (Å²) in [5.74, 6) is -1.31. The Hall–Kier alpha value is -1.67. The van der Waals surface area contributed by atoms with Gasteiger partial charge in [-0.1, -0.05) is 20.3 Å². The van der Waals surface area contributed by atoms with Crippen molar-refractivity contribution in [2.75, 3.05) is 7.11 Å². The number of rotatable bonds is 7. The molecule has 1 fully saturated rings. The van der Waals surface area contributed by atoms with E-state index in [-0.39, 0.29) is 12.3 Å². The Labute approximate surface area is 186 Å². The molecule has 180 valence electrons. The topological polar surface area (TPSA) is 97.4 Å². The van der Waals surface area contributed by atoms with Gasteiger partial charge in [-0.25, -0.2) is 0 Å². The largest absolute Gasteiger partial charge is 0.455 e. The van der Waals surface area contributed by atoms with Gasteiger partial charge in [0.25, 0.3) is 0 Å². The molecule has 0 saturated carbocycles. The highest BCUT2D eigenvalue weighted by atomic mass is 16.7. The number of methoxy groups -OCH3 is 1. The summed E-state index contributed by atoms with van der Waals surface area (Å²) in [5.41, 5.74) is -1.61. The van der Waals surface area contributed by atoms with E-state index in [1.807, 2.05) is 13.8 Å². The van der Waals surface area contributed by atoms with Crippen LogP contribution in [0.3, 0.4) is 0 Å². The summed E-state index contributed by atoms with van der Waals surface area (Å²) in [6.07, 6.45) is -3.71. The van der Waals surface area contributed by atoms with E-state index < -0.39 is 59.4 Å². The minimum absolute atomic E-state index is 0.143. The normalized spacial score (nSPS) is 27.9. The maximum atomic E-state index is 12.7. The van der Waals surface area contributed by atoms with Gasteiger partial charge in [0.1, 0.15) is 0 Å². The molecule has 0 amide bonds. The van der Waals surface area contributed by atoms with Crippen molar-refractivity contribution >= 4 is 17.9 Å². The Bertz CT molecular complexity index is 630. The van der Waals surface area contributed by atoms with E-state index >= 15 is 0 Å². The lowest BCUT2D eigenvalue weighted by atomic mass is 9.94. The van der Waals surface area contributed by atoms with Crippen LogP contribution in [-0.2, 0) is 38.1 Å². The maximum absolute atomic E-state index is 12.7. The molecule has 1 saturated heterocycles. The van der Waals surface area contributed by atoms with Gasteiger partial charge in [-0.15, -0.1) is 0 Å². The van der Waals surface area contributed by atoms with Crippen LogP contribution in [0.1, 0.15) is 75.2 Å². The summed E-state index contributed by atoms with van der Waals surface area (Å²) in [6.45, 7) is 15.9. The molecule has 0 N–H and O–H groups in total. The van der Waals surface area contributed by atoms with Gasteiger partial charge in [-0.2, -0.15) is 0 Å². The number of carbonyl (C=O) groups is 3. The number of carbonyl (C=O) groups excluding carboxylic acids is 3. The third kappa shape index (κ3) is 7.75. The summed E-state index contributed by atoms with van der Waals surface area (Å²) in [5, 5.41) is 0. The molecule has 6 atom stereocenters. The fourth-order valence-electron chi connectivity index (χ4n) is 2.81. The molecule has 0 aromatic heterocycles. The maximum Gasteiger partial charge on any atom is 0.311 e. The van der Waals surface area contributed by atoms with E-state index in [0.29, 0.717) is 0 Å². The molecule has 0 radical (unpaired) electrons. The van der Waals surface area contributed by atoms with Crippen molar-refractivity contribution in [3.8, 4) is 0 Å². The molecular formula is C23H40O8. The smallest absolute Gasteiger partial charge is 0.311 e. The van der Waals surface area contributed by atoms with Crippen LogP contribution in [0.15, 0.2) is 0 Å². The fraction of sp³-hybridized carbons (Fsp3) is 0.870. The molecule has 0 aromatic rings. The lowest BCUT2D eigenvalue weighted by molar-refractivity contribution is -0.298. The first-order valence-electron chi connectivity index (χ1n) is 10.9. The van der Waals surface area contributed by atoms with Crippen molar-refractivity contribution < 1.29 is 38.1 Å². The average Bonchev–Trinajstić information content (AvgIpc) is 2.64.